The van der Waals surface area contributed by atoms with E-state index in [1.165, 1.54) is 10.1 Å². The number of likely N-dealkylation sites (tertiary alicyclic amines) is 1. The van der Waals surface area contributed by atoms with E-state index < -0.39 is 0 Å². The Morgan fingerprint density at radius 3 is 2.32 bits per heavy atom. The van der Waals surface area contributed by atoms with Crippen molar-refractivity contribution in [1.82, 2.24) is 29.3 Å². The molecule has 0 unspecified atom stereocenters. The van der Waals surface area contributed by atoms with Crippen molar-refractivity contribution in [2.24, 2.45) is 5.92 Å². The van der Waals surface area contributed by atoms with Crippen LogP contribution in [0, 0.1) is 5.92 Å². The van der Waals surface area contributed by atoms with Crippen molar-refractivity contribution in [3.05, 3.63) is 86.6 Å². The van der Waals surface area contributed by atoms with Gasteiger partial charge in [0, 0.05) is 37.3 Å². The summed E-state index contributed by atoms with van der Waals surface area (Å²) in [6.07, 6.45) is 4.73. The van der Waals surface area contributed by atoms with Crippen LogP contribution < -0.4 is 16.6 Å². The monoisotopic (exact) mass is 556 g/mol. The lowest BCUT2D eigenvalue weighted by atomic mass is 9.93. The number of rotatable bonds is 11. The number of carbonyl (C=O) groups is 1. The zero-order valence-corrected chi connectivity index (χ0v) is 24.1. The molecule has 216 valence electrons. The fraction of sp³-hybridized carbons (Fsp3) is 0.438. The average molecular weight is 557 g/mol. The molecule has 1 fully saturated rings. The standard InChI is InChI=1S/C32H40N6O3/c1-3-18-37-29-27(31(40)38(19-4-2)32(37)41)34-28(35-29)25-10-12-26(13-11-25)30(39)33-17-14-23-15-20-36(21-16-23)22-24-8-6-5-7-9-24/h5-13,23H,3-4,14-22H2,1-2H3,(H,33,39)(H,34,35). The molecule has 2 aromatic carbocycles. The molecule has 0 atom stereocenters. The van der Waals surface area contributed by atoms with Gasteiger partial charge in [-0.25, -0.2) is 9.78 Å². The van der Waals surface area contributed by atoms with Gasteiger partial charge in [-0.2, -0.15) is 0 Å². The number of piperidine rings is 1. The van der Waals surface area contributed by atoms with Crippen LogP contribution in [0.2, 0.25) is 0 Å². The zero-order chi connectivity index (χ0) is 28.8. The van der Waals surface area contributed by atoms with E-state index >= 15 is 0 Å². The van der Waals surface area contributed by atoms with Crippen LogP contribution in [0.1, 0.15) is 61.9 Å². The van der Waals surface area contributed by atoms with E-state index in [0.717, 1.165) is 50.9 Å². The lowest BCUT2D eigenvalue weighted by Gasteiger charge is -2.32. The Kier molecular flexibility index (Phi) is 9.14. The summed E-state index contributed by atoms with van der Waals surface area (Å²) in [7, 11) is 0. The van der Waals surface area contributed by atoms with Crippen molar-refractivity contribution in [2.45, 2.75) is 65.6 Å². The van der Waals surface area contributed by atoms with Gasteiger partial charge in [0.05, 0.1) is 0 Å². The zero-order valence-electron chi connectivity index (χ0n) is 24.1. The van der Waals surface area contributed by atoms with E-state index in [4.69, 9.17) is 0 Å². The number of aromatic amines is 1. The molecule has 9 heteroatoms. The minimum absolute atomic E-state index is 0.0955. The van der Waals surface area contributed by atoms with Gasteiger partial charge in [0.15, 0.2) is 5.65 Å². The third kappa shape index (κ3) is 6.51. The number of hydrogen-bond donors (Lipinski definition) is 2. The molecule has 2 aromatic heterocycles. The summed E-state index contributed by atoms with van der Waals surface area (Å²) in [5, 5.41) is 3.07. The van der Waals surface area contributed by atoms with Crippen LogP contribution in [0.25, 0.3) is 22.6 Å². The smallest absolute Gasteiger partial charge is 0.332 e. The predicted octanol–water partition coefficient (Wildman–Crippen LogP) is 4.41. The molecule has 2 N–H and O–H groups in total. The van der Waals surface area contributed by atoms with Crippen molar-refractivity contribution in [3.8, 4) is 11.4 Å². The van der Waals surface area contributed by atoms with Crippen LogP contribution in [0.4, 0.5) is 0 Å². The number of hydrogen-bond acceptors (Lipinski definition) is 5. The molecule has 41 heavy (non-hydrogen) atoms. The van der Waals surface area contributed by atoms with E-state index in [0.29, 0.717) is 54.5 Å². The third-order valence-corrected chi connectivity index (χ3v) is 7.97. The van der Waals surface area contributed by atoms with E-state index in [9.17, 15) is 14.4 Å². The molecule has 3 heterocycles. The Labute approximate surface area is 240 Å². The largest absolute Gasteiger partial charge is 0.352 e. The number of carbonyl (C=O) groups excluding carboxylic acids is 1. The first-order valence-corrected chi connectivity index (χ1v) is 14.9. The normalized spacial score (nSPS) is 14.5. The van der Waals surface area contributed by atoms with Crippen molar-refractivity contribution in [2.75, 3.05) is 19.6 Å². The molecule has 0 saturated carbocycles. The summed E-state index contributed by atoms with van der Waals surface area (Å²) < 4.78 is 2.85. The van der Waals surface area contributed by atoms with Crippen LogP contribution >= 0.6 is 0 Å². The maximum Gasteiger partial charge on any atom is 0.332 e. The maximum atomic E-state index is 13.0. The molecule has 4 aromatic rings. The van der Waals surface area contributed by atoms with Crippen LogP contribution in [-0.4, -0.2) is 49.5 Å². The number of fused-ring (bicyclic) bond motifs is 1. The second-order valence-electron chi connectivity index (χ2n) is 11.0. The van der Waals surface area contributed by atoms with Gasteiger partial charge in [-0.05, 0) is 68.8 Å². The molecule has 1 aliphatic rings. The van der Waals surface area contributed by atoms with Gasteiger partial charge in [-0.15, -0.1) is 0 Å². The van der Waals surface area contributed by atoms with Crippen LogP contribution in [-0.2, 0) is 19.6 Å². The van der Waals surface area contributed by atoms with E-state index in [1.807, 2.05) is 26.0 Å². The number of H-pyrrole nitrogens is 1. The van der Waals surface area contributed by atoms with Crippen molar-refractivity contribution < 1.29 is 4.79 Å². The second-order valence-corrected chi connectivity index (χ2v) is 11.0. The number of benzene rings is 2. The number of imidazole rings is 1. The van der Waals surface area contributed by atoms with Gasteiger partial charge in [0.2, 0.25) is 0 Å². The highest BCUT2D eigenvalue weighted by molar-refractivity contribution is 5.94. The first-order chi connectivity index (χ1) is 20.0. The van der Waals surface area contributed by atoms with Gasteiger partial charge >= 0.3 is 5.69 Å². The van der Waals surface area contributed by atoms with E-state index in [2.05, 4.69) is 50.5 Å². The molecular formula is C32H40N6O3. The maximum absolute atomic E-state index is 13.0. The minimum Gasteiger partial charge on any atom is -0.352 e. The molecule has 1 saturated heterocycles. The number of nitrogens with one attached hydrogen (secondary N) is 2. The summed E-state index contributed by atoms with van der Waals surface area (Å²) in [5.74, 6) is 1.04. The molecule has 0 bridgehead atoms. The summed E-state index contributed by atoms with van der Waals surface area (Å²) in [6, 6.07) is 17.8. The lowest BCUT2D eigenvalue weighted by molar-refractivity contribution is 0.0947. The first kappa shape index (κ1) is 28.5. The third-order valence-electron chi connectivity index (χ3n) is 7.97. The Morgan fingerprint density at radius 1 is 0.951 bits per heavy atom. The molecule has 1 aliphatic heterocycles. The number of nitrogens with zero attached hydrogens (tertiary/aromatic N) is 4. The topological polar surface area (TPSA) is 105 Å². The molecule has 5 rings (SSSR count). The molecule has 1 amide bonds. The van der Waals surface area contributed by atoms with Crippen molar-refractivity contribution in [1.29, 1.82) is 0 Å². The van der Waals surface area contributed by atoms with Gasteiger partial charge in [0.25, 0.3) is 11.5 Å². The van der Waals surface area contributed by atoms with Gasteiger partial charge in [-0.3, -0.25) is 23.6 Å². The highest BCUT2D eigenvalue weighted by Gasteiger charge is 2.20. The summed E-state index contributed by atoms with van der Waals surface area (Å²) >= 11 is 0. The van der Waals surface area contributed by atoms with Gasteiger partial charge in [-0.1, -0.05) is 56.3 Å². The first-order valence-electron chi connectivity index (χ1n) is 14.9. The van der Waals surface area contributed by atoms with E-state index in [-0.39, 0.29) is 17.2 Å². The quantitative estimate of drug-likeness (QED) is 0.285. The number of aryl methyl sites for hydroxylation is 1. The Balaban J connectivity index is 1.18. The Bertz CT molecular complexity index is 1580. The van der Waals surface area contributed by atoms with Crippen LogP contribution in [0.5, 0.6) is 0 Å². The molecule has 0 spiro atoms. The van der Waals surface area contributed by atoms with Crippen LogP contribution in [0.15, 0.2) is 64.2 Å². The van der Waals surface area contributed by atoms with Gasteiger partial charge in [0.1, 0.15) is 11.3 Å². The predicted molar refractivity (Wildman–Crippen MR) is 162 cm³/mol. The van der Waals surface area contributed by atoms with Crippen molar-refractivity contribution in [3.63, 3.8) is 0 Å². The second kappa shape index (κ2) is 13.1. The number of aromatic nitrogens is 4. The van der Waals surface area contributed by atoms with E-state index in [1.54, 1.807) is 16.7 Å². The molecule has 0 aliphatic carbocycles. The summed E-state index contributed by atoms with van der Waals surface area (Å²) in [6.45, 7) is 8.62. The molecular weight excluding hydrogens is 516 g/mol. The average Bonchev–Trinajstić information content (AvgIpc) is 3.45. The lowest BCUT2D eigenvalue weighted by Crippen LogP contribution is -2.40. The Morgan fingerprint density at radius 2 is 1.63 bits per heavy atom. The SMILES string of the molecule is CCCn1c(=O)c2[nH]c(-c3ccc(C(=O)NCCC4CCN(Cc5ccccc5)CC4)cc3)nc2n(CCC)c1=O. The molecule has 0 radical (unpaired) electrons. The highest BCUT2D eigenvalue weighted by atomic mass is 16.2. The highest BCUT2D eigenvalue weighted by Crippen LogP contribution is 2.22. The Hall–Kier alpha value is -3.98. The van der Waals surface area contributed by atoms with Crippen LogP contribution in [0.3, 0.4) is 0 Å². The number of amides is 1. The minimum atomic E-state index is -0.351. The fourth-order valence-corrected chi connectivity index (χ4v) is 5.70. The summed E-state index contributed by atoms with van der Waals surface area (Å²) in [4.78, 5) is 49.0. The fourth-order valence-electron chi connectivity index (χ4n) is 5.70. The summed E-state index contributed by atoms with van der Waals surface area (Å²) in [5.41, 5.74) is 2.71. The van der Waals surface area contributed by atoms with Gasteiger partial charge < -0.3 is 10.3 Å². The van der Waals surface area contributed by atoms with Crippen molar-refractivity contribution >= 4 is 17.1 Å². The molecule has 9 nitrogen and oxygen atoms in total.